The van der Waals surface area contributed by atoms with Gasteiger partial charge in [-0.25, -0.2) is 0 Å². The Morgan fingerprint density at radius 3 is 2.35 bits per heavy atom. The molecule has 0 aromatic heterocycles. The average molecular weight is 277 g/mol. The minimum atomic E-state index is 0.262. The van der Waals surface area contributed by atoms with Gasteiger partial charge in [-0.05, 0) is 67.3 Å². The number of nitrogens with two attached hydrogens (primary N) is 1. The smallest absolute Gasteiger partial charge is 0.119 e. The molecule has 0 saturated heterocycles. The van der Waals surface area contributed by atoms with E-state index >= 15 is 0 Å². The van der Waals surface area contributed by atoms with Crippen LogP contribution in [0.15, 0.2) is 18.2 Å². The van der Waals surface area contributed by atoms with Crippen LogP contribution in [-0.4, -0.2) is 13.2 Å². The molecule has 0 aliphatic carbocycles. The van der Waals surface area contributed by atoms with Gasteiger partial charge in [-0.15, -0.1) is 0 Å². The first-order valence-corrected chi connectivity index (χ1v) is 7.97. The molecule has 0 radical (unpaired) electrons. The zero-order chi connectivity index (χ0) is 15.0. The molecule has 0 amide bonds. The number of hydrogen-bond acceptors (Lipinski definition) is 2. The zero-order valence-corrected chi connectivity index (χ0v) is 13.7. The van der Waals surface area contributed by atoms with Gasteiger partial charge in [0.25, 0.3) is 0 Å². The molecule has 0 aliphatic rings. The van der Waals surface area contributed by atoms with E-state index in [1.54, 1.807) is 0 Å². The van der Waals surface area contributed by atoms with E-state index in [9.17, 15) is 0 Å². The van der Waals surface area contributed by atoms with Gasteiger partial charge in [-0.2, -0.15) is 0 Å². The Morgan fingerprint density at radius 1 is 1.05 bits per heavy atom. The van der Waals surface area contributed by atoms with Crippen molar-refractivity contribution in [3.63, 3.8) is 0 Å². The molecule has 2 N–H and O–H groups in total. The highest BCUT2D eigenvalue weighted by atomic mass is 16.5. The van der Waals surface area contributed by atoms with Gasteiger partial charge in [-0.3, -0.25) is 0 Å². The van der Waals surface area contributed by atoms with Crippen LogP contribution in [-0.2, 0) is 12.8 Å². The van der Waals surface area contributed by atoms with Crippen molar-refractivity contribution in [2.24, 2.45) is 11.1 Å². The predicted octanol–water partition coefficient (Wildman–Crippen LogP) is 4.35. The predicted molar refractivity (Wildman–Crippen MR) is 87.4 cm³/mol. The van der Waals surface area contributed by atoms with Gasteiger partial charge in [0.05, 0.1) is 6.61 Å². The van der Waals surface area contributed by atoms with Gasteiger partial charge in [-0.1, -0.05) is 33.8 Å². The van der Waals surface area contributed by atoms with Gasteiger partial charge < -0.3 is 10.5 Å². The molecule has 20 heavy (non-hydrogen) atoms. The summed E-state index contributed by atoms with van der Waals surface area (Å²) < 4.78 is 5.87. The van der Waals surface area contributed by atoms with E-state index in [2.05, 4.69) is 45.9 Å². The second kappa shape index (κ2) is 8.31. The molecule has 1 aromatic carbocycles. The third-order valence-corrected chi connectivity index (χ3v) is 4.01. The Hall–Kier alpha value is -1.02. The number of unbranched alkanes of at least 4 members (excludes halogenated alkanes) is 1. The monoisotopic (exact) mass is 277 g/mol. The van der Waals surface area contributed by atoms with Gasteiger partial charge in [0.2, 0.25) is 0 Å². The summed E-state index contributed by atoms with van der Waals surface area (Å²) in [6, 6.07) is 6.50. The van der Waals surface area contributed by atoms with E-state index in [0.29, 0.717) is 0 Å². The molecule has 1 aromatic rings. The Bertz CT molecular complexity index is 398. The van der Waals surface area contributed by atoms with Crippen LogP contribution in [0.25, 0.3) is 0 Å². The minimum absolute atomic E-state index is 0.262. The van der Waals surface area contributed by atoms with Crippen molar-refractivity contribution >= 4 is 0 Å². The molecule has 1 rings (SSSR count). The normalized spacial score (nSPS) is 11.7. The number of hydrogen-bond donors (Lipinski definition) is 1. The zero-order valence-electron chi connectivity index (χ0n) is 13.7. The summed E-state index contributed by atoms with van der Waals surface area (Å²) >= 11 is 0. The summed E-state index contributed by atoms with van der Waals surface area (Å²) in [5, 5.41) is 0. The first-order chi connectivity index (χ1) is 9.52. The first kappa shape index (κ1) is 17.0. The van der Waals surface area contributed by atoms with E-state index in [1.807, 2.05) is 0 Å². The molecule has 0 spiro atoms. The van der Waals surface area contributed by atoms with Crippen LogP contribution in [0.5, 0.6) is 5.75 Å². The minimum Gasteiger partial charge on any atom is -0.494 e. The molecule has 2 heteroatoms. The molecule has 2 nitrogen and oxygen atoms in total. The van der Waals surface area contributed by atoms with Gasteiger partial charge >= 0.3 is 0 Å². The molecule has 0 saturated carbocycles. The third-order valence-electron chi connectivity index (χ3n) is 4.01. The maximum atomic E-state index is 5.87. The van der Waals surface area contributed by atoms with E-state index in [-0.39, 0.29) is 5.41 Å². The highest BCUT2D eigenvalue weighted by molar-refractivity contribution is 5.35. The standard InChI is InChI=1S/C18H31NO/c1-5-15-9-10-17(13-16(15)6-2)20-12-8-7-11-18(3,4)14-19/h9-10,13H,5-8,11-12,14,19H2,1-4H3. The van der Waals surface area contributed by atoms with Gasteiger partial charge in [0, 0.05) is 0 Å². The van der Waals surface area contributed by atoms with E-state index in [0.717, 1.165) is 38.2 Å². The number of benzene rings is 1. The molecule has 0 unspecified atom stereocenters. The van der Waals surface area contributed by atoms with Crippen LogP contribution >= 0.6 is 0 Å². The largest absolute Gasteiger partial charge is 0.494 e. The van der Waals surface area contributed by atoms with Crippen LogP contribution in [0, 0.1) is 5.41 Å². The lowest BCUT2D eigenvalue weighted by Crippen LogP contribution is -2.23. The fourth-order valence-corrected chi connectivity index (χ4v) is 2.36. The summed E-state index contributed by atoms with van der Waals surface area (Å²) in [5.41, 5.74) is 8.85. The summed E-state index contributed by atoms with van der Waals surface area (Å²) in [6.07, 6.45) is 5.61. The Morgan fingerprint density at radius 2 is 1.75 bits per heavy atom. The number of aryl methyl sites for hydroxylation is 2. The SMILES string of the molecule is CCc1ccc(OCCCCC(C)(C)CN)cc1CC. The maximum absolute atomic E-state index is 5.87. The van der Waals surface area contributed by atoms with Crippen molar-refractivity contribution in [2.45, 2.75) is 59.8 Å². The van der Waals surface area contributed by atoms with Crippen LogP contribution in [0.1, 0.15) is 58.1 Å². The van der Waals surface area contributed by atoms with Crippen LogP contribution in [0.3, 0.4) is 0 Å². The van der Waals surface area contributed by atoms with E-state index < -0.39 is 0 Å². The van der Waals surface area contributed by atoms with Crippen molar-refractivity contribution in [2.75, 3.05) is 13.2 Å². The maximum Gasteiger partial charge on any atom is 0.119 e. The van der Waals surface area contributed by atoms with Gasteiger partial charge in [0.15, 0.2) is 0 Å². The lowest BCUT2D eigenvalue weighted by molar-refractivity contribution is 0.278. The summed E-state index contributed by atoms with van der Waals surface area (Å²) in [7, 11) is 0. The summed E-state index contributed by atoms with van der Waals surface area (Å²) in [4.78, 5) is 0. The third kappa shape index (κ3) is 5.54. The molecule has 0 fully saturated rings. The molecule has 0 atom stereocenters. The second-order valence-electron chi connectivity index (χ2n) is 6.31. The molecule has 114 valence electrons. The van der Waals surface area contributed by atoms with Crippen molar-refractivity contribution < 1.29 is 4.74 Å². The van der Waals surface area contributed by atoms with Crippen molar-refractivity contribution in [3.05, 3.63) is 29.3 Å². The Labute approximate surface area is 124 Å². The summed E-state index contributed by atoms with van der Waals surface area (Å²) in [5.74, 6) is 1.01. The fourth-order valence-electron chi connectivity index (χ4n) is 2.36. The molecular weight excluding hydrogens is 246 g/mol. The van der Waals surface area contributed by atoms with Crippen molar-refractivity contribution in [3.8, 4) is 5.75 Å². The van der Waals surface area contributed by atoms with Crippen LogP contribution in [0.2, 0.25) is 0 Å². The molecular formula is C18H31NO. The quantitative estimate of drug-likeness (QED) is 0.681. The second-order valence-corrected chi connectivity index (χ2v) is 6.31. The highest BCUT2D eigenvalue weighted by Gasteiger charge is 2.14. The fraction of sp³-hybridized carbons (Fsp3) is 0.667. The molecule has 0 aliphatic heterocycles. The molecule has 0 bridgehead atoms. The van der Waals surface area contributed by atoms with Crippen molar-refractivity contribution in [1.82, 2.24) is 0 Å². The van der Waals surface area contributed by atoms with Crippen LogP contribution < -0.4 is 10.5 Å². The van der Waals surface area contributed by atoms with E-state index in [1.165, 1.54) is 24.0 Å². The number of rotatable bonds is 9. The number of ether oxygens (including phenoxy) is 1. The topological polar surface area (TPSA) is 35.2 Å². The first-order valence-electron chi connectivity index (χ1n) is 7.97. The lowest BCUT2D eigenvalue weighted by atomic mass is 9.87. The molecule has 0 heterocycles. The Balaban J connectivity index is 2.35. The van der Waals surface area contributed by atoms with Gasteiger partial charge in [0.1, 0.15) is 5.75 Å². The van der Waals surface area contributed by atoms with Crippen LogP contribution in [0.4, 0.5) is 0 Å². The Kier molecular flexibility index (Phi) is 7.08. The lowest BCUT2D eigenvalue weighted by Gasteiger charge is -2.21. The van der Waals surface area contributed by atoms with Crippen molar-refractivity contribution in [1.29, 1.82) is 0 Å². The summed E-state index contributed by atoms with van der Waals surface area (Å²) in [6.45, 7) is 10.4. The highest BCUT2D eigenvalue weighted by Crippen LogP contribution is 2.22. The van der Waals surface area contributed by atoms with E-state index in [4.69, 9.17) is 10.5 Å². The average Bonchev–Trinajstić information content (AvgIpc) is 2.46.